The number of methoxy groups -OCH3 is 2. The number of hydrogen-bond donors (Lipinski definition) is 2. The van der Waals surface area contributed by atoms with Gasteiger partial charge in [-0.15, -0.1) is 0 Å². The van der Waals surface area contributed by atoms with Crippen molar-refractivity contribution in [2.45, 2.75) is 13.5 Å². The number of nitrogens with two attached hydrogens (primary N) is 1. The zero-order valence-electron chi connectivity index (χ0n) is 15.0. The summed E-state index contributed by atoms with van der Waals surface area (Å²) < 4.78 is 15.8. The average molecular weight is 358 g/mol. The van der Waals surface area contributed by atoms with E-state index in [2.05, 4.69) is 5.32 Å². The molecule has 0 atom stereocenters. The molecule has 0 saturated carbocycles. The van der Waals surface area contributed by atoms with E-state index in [1.165, 1.54) is 13.2 Å². The van der Waals surface area contributed by atoms with Crippen LogP contribution in [0.5, 0.6) is 17.2 Å². The van der Waals surface area contributed by atoms with Gasteiger partial charge >= 0.3 is 0 Å². The molecule has 7 nitrogen and oxygen atoms in total. The van der Waals surface area contributed by atoms with Crippen LogP contribution in [0.1, 0.15) is 21.5 Å². The lowest BCUT2D eigenvalue weighted by Gasteiger charge is -2.13. The molecule has 0 bridgehead atoms. The Morgan fingerprint density at radius 1 is 1.00 bits per heavy atom. The van der Waals surface area contributed by atoms with Gasteiger partial charge in [-0.3, -0.25) is 9.59 Å². The molecule has 3 N–H and O–H groups in total. The highest BCUT2D eigenvalue weighted by molar-refractivity contribution is 5.94. The van der Waals surface area contributed by atoms with Crippen molar-refractivity contribution in [2.75, 3.05) is 20.8 Å². The molecule has 138 valence electrons. The quantitative estimate of drug-likeness (QED) is 0.750. The second-order valence-electron chi connectivity index (χ2n) is 5.62. The van der Waals surface area contributed by atoms with E-state index in [1.807, 2.05) is 25.1 Å². The minimum Gasteiger partial charge on any atom is -0.496 e. The standard InChI is InChI=1S/C19H22N2O5/c1-12-4-5-14(16(8-12)24-2)10-21-19(23)13-6-7-15(17(9-13)25-3)26-11-18(20)22/h4-9H,10-11H2,1-3H3,(H2,20,22)(H,21,23). The molecule has 0 aliphatic heterocycles. The predicted molar refractivity (Wildman–Crippen MR) is 96.6 cm³/mol. The fourth-order valence-corrected chi connectivity index (χ4v) is 2.35. The van der Waals surface area contributed by atoms with E-state index in [-0.39, 0.29) is 12.5 Å². The van der Waals surface area contributed by atoms with Crippen LogP contribution in [0.25, 0.3) is 0 Å². The van der Waals surface area contributed by atoms with Gasteiger partial charge in [-0.2, -0.15) is 0 Å². The van der Waals surface area contributed by atoms with Gasteiger partial charge in [0, 0.05) is 17.7 Å². The highest BCUT2D eigenvalue weighted by Gasteiger charge is 2.13. The van der Waals surface area contributed by atoms with Crippen LogP contribution < -0.4 is 25.3 Å². The van der Waals surface area contributed by atoms with Gasteiger partial charge in [0.25, 0.3) is 11.8 Å². The summed E-state index contributed by atoms with van der Waals surface area (Å²) in [4.78, 5) is 23.2. The van der Waals surface area contributed by atoms with Crippen LogP contribution in [-0.2, 0) is 11.3 Å². The van der Waals surface area contributed by atoms with Crippen molar-refractivity contribution in [3.63, 3.8) is 0 Å². The van der Waals surface area contributed by atoms with E-state index in [0.29, 0.717) is 23.6 Å². The molecule has 0 fully saturated rings. The summed E-state index contributed by atoms with van der Waals surface area (Å²) in [6.45, 7) is 2.03. The van der Waals surface area contributed by atoms with Crippen molar-refractivity contribution >= 4 is 11.8 Å². The van der Waals surface area contributed by atoms with Gasteiger partial charge in [0.05, 0.1) is 14.2 Å². The van der Waals surface area contributed by atoms with Crippen molar-refractivity contribution in [1.29, 1.82) is 0 Å². The van der Waals surface area contributed by atoms with Gasteiger partial charge in [-0.1, -0.05) is 12.1 Å². The van der Waals surface area contributed by atoms with Crippen molar-refractivity contribution in [3.05, 3.63) is 53.1 Å². The molecular weight excluding hydrogens is 336 g/mol. The van der Waals surface area contributed by atoms with E-state index in [9.17, 15) is 9.59 Å². The van der Waals surface area contributed by atoms with Crippen molar-refractivity contribution in [3.8, 4) is 17.2 Å². The van der Waals surface area contributed by atoms with Gasteiger partial charge in [0.1, 0.15) is 5.75 Å². The largest absolute Gasteiger partial charge is 0.496 e. The van der Waals surface area contributed by atoms with Gasteiger partial charge in [0.2, 0.25) is 0 Å². The summed E-state index contributed by atoms with van der Waals surface area (Å²) >= 11 is 0. The number of carbonyl (C=O) groups is 2. The zero-order chi connectivity index (χ0) is 19.1. The summed E-state index contributed by atoms with van der Waals surface area (Å²) in [5.41, 5.74) is 7.41. The molecule has 0 aliphatic carbocycles. The lowest BCUT2D eigenvalue weighted by molar-refractivity contribution is -0.119. The number of hydrogen-bond acceptors (Lipinski definition) is 5. The van der Waals surface area contributed by atoms with Crippen LogP contribution in [-0.4, -0.2) is 32.6 Å². The smallest absolute Gasteiger partial charge is 0.255 e. The number of carbonyl (C=O) groups excluding carboxylic acids is 2. The first-order valence-electron chi connectivity index (χ1n) is 7.95. The first-order valence-corrected chi connectivity index (χ1v) is 7.95. The molecule has 2 aromatic carbocycles. The van der Waals surface area contributed by atoms with Crippen LogP contribution in [0, 0.1) is 6.92 Å². The number of benzene rings is 2. The Kier molecular flexibility index (Phi) is 6.43. The minimum absolute atomic E-state index is 0.269. The molecule has 2 amide bonds. The number of amides is 2. The van der Waals surface area contributed by atoms with Gasteiger partial charge in [0.15, 0.2) is 18.1 Å². The van der Waals surface area contributed by atoms with Crippen molar-refractivity contribution < 1.29 is 23.8 Å². The summed E-state index contributed by atoms with van der Waals surface area (Å²) in [7, 11) is 3.04. The lowest BCUT2D eigenvalue weighted by Crippen LogP contribution is -2.23. The Balaban J connectivity index is 2.08. The fourth-order valence-electron chi connectivity index (χ4n) is 2.35. The molecule has 2 rings (SSSR count). The number of aryl methyl sites for hydroxylation is 1. The number of ether oxygens (including phenoxy) is 3. The Bertz CT molecular complexity index is 805. The first-order chi connectivity index (χ1) is 12.4. The molecule has 26 heavy (non-hydrogen) atoms. The molecule has 7 heteroatoms. The van der Waals surface area contributed by atoms with Crippen molar-refractivity contribution in [2.24, 2.45) is 5.73 Å². The SMILES string of the molecule is COc1cc(C)ccc1CNC(=O)c1ccc(OCC(N)=O)c(OC)c1. The topological polar surface area (TPSA) is 99.9 Å². The Labute approximate surface area is 152 Å². The molecule has 0 heterocycles. The predicted octanol–water partition coefficient (Wildman–Crippen LogP) is 1.81. The van der Waals surface area contributed by atoms with Crippen LogP contribution in [0.15, 0.2) is 36.4 Å². The van der Waals surface area contributed by atoms with Crippen molar-refractivity contribution in [1.82, 2.24) is 5.32 Å². The number of nitrogens with one attached hydrogen (secondary N) is 1. The third-order valence-corrected chi connectivity index (χ3v) is 3.68. The average Bonchev–Trinajstić information content (AvgIpc) is 2.64. The van der Waals surface area contributed by atoms with Gasteiger partial charge in [-0.05, 0) is 36.8 Å². The monoisotopic (exact) mass is 358 g/mol. The van der Waals surface area contributed by atoms with Crippen LogP contribution >= 0.6 is 0 Å². The zero-order valence-corrected chi connectivity index (χ0v) is 15.0. The van der Waals surface area contributed by atoms with E-state index >= 15 is 0 Å². The molecule has 0 aromatic heterocycles. The summed E-state index contributed by atoms with van der Waals surface area (Å²) in [6, 6.07) is 10.5. The highest BCUT2D eigenvalue weighted by atomic mass is 16.5. The third-order valence-electron chi connectivity index (χ3n) is 3.68. The van der Waals surface area contributed by atoms with E-state index in [4.69, 9.17) is 19.9 Å². The minimum atomic E-state index is -0.596. The summed E-state index contributed by atoms with van der Waals surface area (Å²) in [6.07, 6.45) is 0. The molecule has 2 aromatic rings. The Morgan fingerprint density at radius 3 is 2.38 bits per heavy atom. The second-order valence-corrected chi connectivity index (χ2v) is 5.62. The second kappa shape index (κ2) is 8.75. The Hall–Kier alpha value is -3.22. The summed E-state index contributed by atoms with van der Waals surface area (Å²) in [5.74, 6) is 0.529. The maximum atomic E-state index is 12.4. The number of primary amides is 1. The maximum Gasteiger partial charge on any atom is 0.255 e. The lowest BCUT2D eigenvalue weighted by atomic mass is 10.1. The Morgan fingerprint density at radius 2 is 1.73 bits per heavy atom. The normalized spacial score (nSPS) is 10.1. The van der Waals surface area contributed by atoms with E-state index < -0.39 is 5.91 Å². The highest BCUT2D eigenvalue weighted by Crippen LogP contribution is 2.28. The van der Waals surface area contributed by atoms with E-state index in [1.54, 1.807) is 19.2 Å². The number of rotatable bonds is 8. The molecule has 0 unspecified atom stereocenters. The van der Waals surface area contributed by atoms with E-state index in [0.717, 1.165) is 16.9 Å². The van der Waals surface area contributed by atoms with Crippen LogP contribution in [0.2, 0.25) is 0 Å². The maximum absolute atomic E-state index is 12.4. The molecular formula is C19H22N2O5. The molecule has 0 spiro atoms. The molecule has 0 aliphatic rings. The van der Waals surface area contributed by atoms with Crippen LogP contribution in [0.4, 0.5) is 0 Å². The third kappa shape index (κ3) is 4.89. The molecule has 0 saturated heterocycles. The summed E-state index contributed by atoms with van der Waals surface area (Å²) in [5, 5.41) is 2.84. The molecule has 0 radical (unpaired) electrons. The van der Waals surface area contributed by atoms with Gasteiger partial charge in [-0.25, -0.2) is 0 Å². The van der Waals surface area contributed by atoms with Gasteiger partial charge < -0.3 is 25.3 Å². The fraction of sp³-hybridized carbons (Fsp3) is 0.263. The van der Waals surface area contributed by atoms with Crippen LogP contribution in [0.3, 0.4) is 0 Å². The first kappa shape index (κ1) is 19.1.